The summed E-state index contributed by atoms with van der Waals surface area (Å²) in [5.74, 6) is -1.13. The molecule has 5 heteroatoms. The first-order valence-electron chi connectivity index (χ1n) is 9.83. The number of carbonyl (C=O) groups is 3. The number of hydrogen-bond donors (Lipinski definition) is 1. The lowest BCUT2D eigenvalue weighted by molar-refractivity contribution is -0.122. The molecule has 0 radical (unpaired) electrons. The Morgan fingerprint density at radius 1 is 0.929 bits per heavy atom. The molecule has 0 bridgehead atoms. The molecule has 3 amide bonds. The molecule has 1 aliphatic carbocycles. The van der Waals surface area contributed by atoms with Crippen molar-refractivity contribution >= 4 is 29.1 Å². The van der Waals surface area contributed by atoms with Crippen molar-refractivity contribution in [3.63, 3.8) is 0 Å². The summed E-state index contributed by atoms with van der Waals surface area (Å²) in [6.07, 6.45) is 3.46. The van der Waals surface area contributed by atoms with E-state index in [1.54, 1.807) is 24.3 Å². The third-order valence-electron chi connectivity index (χ3n) is 6.08. The Morgan fingerprint density at radius 2 is 1.57 bits per heavy atom. The van der Waals surface area contributed by atoms with Gasteiger partial charge in [0.15, 0.2) is 0 Å². The minimum absolute atomic E-state index is 0.165. The van der Waals surface area contributed by atoms with E-state index in [2.05, 4.69) is 5.32 Å². The number of anilines is 2. The van der Waals surface area contributed by atoms with Crippen LogP contribution in [-0.2, 0) is 9.59 Å². The molecular weight excluding hydrogens is 352 g/mol. The third-order valence-corrected chi connectivity index (χ3v) is 6.08. The summed E-state index contributed by atoms with van der Waals surface area (Å²) in [7, 11) is 0. The highest BCUT2D eigenvalue weighted by molar-refractivity contribution is 6.24. The quantitative estimate of drug-likeness (QED) is 0.815. The molecule has 2 aromatic carbocycles. The van der Waals surface area contributed by atoms with E-state index in [-0.39, 0.29) is 29.6 Å². The highest BCUT2D eigenvalue weighted by atomic mass is 16.2. The van der Waals surface area contributed by atoms with Crippen molar-refractivity contribution in [1.29, 1.82) is 0 Å². The SMILES string of the molecule is Cc1cccc(NC(=O)c2ccccc2N2C(=O)[C@H]3CCCC[C@@H]3C2=O)c1C. The van der Waals surface area contributed by atoms with Crippen molar-refractivity contribution in [3.05, 3.63) is 59.2 Å². The number of amides is 3. The van der Waals surface area contributed by atoms with Crippen molar-refractivity contribution in [1.82, 2.24) is 0 Å². The van der Waals surface area contributed by atoms with Gasteiger partial charge in [0.05, 0.1) is 23.1 Å². The second-order valence-electron chi connectivity index (χ2n) is 7.73. The number of nitrogens with one attached hydrogen (secondary N) is 1. The van der Waals surface area contributed by atoms with Crippen LogP contribution >= 0.6 is 0 Å². The third kappa shape index (κ3) is 3.01. The van der Waals surface area contributed by atoms with E-state index in [4.69, 9.17) is 0 Å². The van der Waals surface area contributed by atoms with Crippen LogP contribution < -0.4 is 10.2 Å². The molecular formula is C23H24N2O3. The van der Waals surface area contributed by atoms with E-state index in [0.29, 0.717) is 11.3 Å². The summed E-state index contributed by atoms with van der Waals surface area (Å²) in [6.45, 7) is 3.94. The minimum Gasteiger partial charge on any atom is -0.322 e. The highest BCUT2D eigenvalue weighted by Gasteiger charge is 2.49. The van der Waals surface area contributed by atoms with Crippen LogP contribution in [0.3, 0.4) is 0 Å². The average Bonchev–Trinajstić information content (AvgIpc) is 2.96. The van der Waals surface area contributed by atoms with Crippen molar-refractivity contribution in [3.8, 4) is 0 Å². The first kappa shape index (κ1) is 18.4. The molecule has 2 fully saturated rings. The number of rotatable bonds is 3. The van der Waals surface area contributed by atoms with Crippen LogP contribution in [0.1, 0.15) is 47.2 Å². The van der Waals surface area contributed by atoms with Gasteiger partial charge in [-0.15, -0.1) is 0 Å². The summed E-state index contributed by atoms with van der Waals surface area (Å²) >= 11 is 0. The Kier molecular flexibility index (Phi) is 4.75. The van der Waals surface area contributed by atoms with Gasteiger partial charge in [0.25, 0.3) is 5.91 Å². The summed E-state index contributed by atoms with van der Waals surface area (Å²) in [4.78, 5) is 40.2. The lowest BCUT2D eigenvalue weighted by atomic mass is 9.81. The summed E-state index contributed by atoms with van der Waals surface area (Å²) in [5.41, 5.74) is 3.53. The zero-order valence-corrected chi connectivity index (χ0v) is 16.2. The molecule has 144 valence electrons. The van der Waals surface area contributed by atoms with Gasteiger partial charge in [0, 0.05) is 5.69 Å². The molecule has 1 saturated carbocycles. The fourth-order valence-corrected chi connectivity index (χ4v) is 4.34. The smallest absolute Gasteiger partial charge is 0.257 e. The van der Waals surface area contributed by atoms with Gasteiger partial charge in [-0.05, 0) is 56.0 Å². The number of hydrogen-bond acceptors (Lipinski definition) is 3. The first-order valence-corrected chi connectivity index (χ1v) is 9.83. The average molecular weight is 376 g/mol. The molecule has 5 nitrogen and oxygen atoms in total. The molecule has 0 unspecified atom stereocenters. The van der Waals surface area contributed by atoms with Gasteiger partial charge >= 0.3 is 0 Å². The molecule has 1 N–H and O–H groups in total. The van der Waals surface area contributed by atoms with Crippen molar-refractivity contribution in [2.45, 2.75) is 39.5 Å². The molecule has 28 heavy (non-hydrogen) atoms. The second-order valence-corrected chi connectivity index (χ2v) is 7.73. The maximum absolute atomic E-state index is 13.0. The highest BCUT2D eigenvalue weighted by Crippen LogP contribution is 2.41. The second kappa shape index (κ2) is 7.23. The largest absolute Gasteiger partial charge is 0.322 e. The van der Waals surface area contributed by atoms with Gasteiger partial charge in [-0.1, -0.05) is 37.1 Å². The van der Waals surface area contributed by atoms with Gasteiger partial charge in [-0.3, -0.25) is 14.4 Å². The first-order chi connectivity index (χ1) is 13.5. The summed E-state index contributed by atoms with van der Waals surface area (Å²) in [5, 5.41) is 2.94. The monoisotopic (exact) mass is 376 g/mol. The maximum Gasteiger partial charge on any atom is 0.257 e. The van der Waals surface area contributed by atoms with Crippen LogP contribution in [0.4, 0.5) is 11.4 Å². The fourth-order valence-electron chi connectivity index (χ4n) is 4.34. The Bertz CT molecular complexity index is 942. The van der Waals surface area contributed by atoms with E-state index in [1.807, 2.05) is 32.0 Å². The van der Waals surface area contributed by atoms with Crippen LogP contribution in [0.15, 0.2) is 42.5 Å². The van der Waals surface area contributed by atoms with Gasteiger partial charge in [0.2, 0.25) is 11.8 Å². The van der Waals surface area contributed by atoms with Crippen molar-refractivity contribution in [2.75, 3.05) is 10.2 Å². The molecule has 2 aliphatic rings. The molecule has 2 atom stereocenters. The Labute approximate surface area is 164 Å². The normalized spacial score (nSPS) is 21.6. The number of fused-ring (bicyclic) bond motifs is 1. The zero-order valence-electron chi connectivity index (χ0n) is 16.2. The topological polar surface area (TPSA) is 66.5 Å². The fraction of sp³-hybridized carbons (Fsp3) is 0.348. The molecule has 1 heterocycles. The lowest BCUT2D eigenvalue weighted by Gasteiger charge is -2.19. The Morgan fingerprint density at radius 3 is 2.25 bits per heavy atom. The molecule has 0 spiro atoms. The molecule has 0 aromatic heterocycles. The lowest BCUT2D eigenvalue weighted by Crippen LogP contribution is -2.33. The Balaban J connectivity index is 1.67. The standard InChI is InChI=1S/C23H24N2O3/c1-14-8-7-12-19(15(14)2)24-21(26)18-11-5-6-13-20(18)25-22(27)16-9-3-4-10-17(16)23(25)28/h5-8,11-13,16-17H,3-4,9-10H2,1-2H3,(H,24,26)/t16-,17-/m0/s1. The maximum atomic E-state index is 13.0. The summed E-state index contributed by atoms with van der Waals surface area (Å²) < 4.78 is 0. The van der Waals surface area contributed by atoms with E-state index >= 15 is 0 Å². The number of carbonyl (C=O) groups excluding carboxylic acids is 3. The van der Waals surface area contributed by atoms with Gasteiger partial charge < -0.3 is 5.32 Å². The van der Waals surface area contributed by atoms with Crippen molar-refractivity contribution in [2.24, 2.45) is 11.8 Å². The van der Waals surface area contributed by atoms with Crippen LogP contribution in [0.2, 0.25) is 0 Å². The van der Waals surface area contributed by atoms with E-state index in [9.17, 15) is 14.4 Å². The number of imide groups is 1. The van der Waals surface area contributed by atoms with E-state index in [1.165, 1.54) is 4.90 Å². The molecule has 2 aromatic rings. The zero-order chi connectivity index (χ0) is 19.8. The predicted molar refractivity (Wildman–Crippen MR) is 108 cm³/mol. The number of para-hydroxylation sites is 1. The summed E-state index contributed by atoms with van der Waals surface area (Å²) in [6, 6.07) is 12.6. The van der Waals surface area contributed by atoms with Crippen LogP contribution in [0.25, 0.3) is 0 Å². The number of nitrogens with zero attached hydrogens (tertiary/aromatic N) is 1. The minimum atomic E-state index is -0.320. The van der Waals surface area contributed by atoms with Gasteiger partial charge in [-0.2, -0.15) is 0 Å². The molecule has 4 rings (SSSR count). The Hall–Kier alpha value is -2.95. The van der Waals surface area contributed by atoms with E-state index in [0.717, 1.165) is 42.5 Å². The van der Waals surface area contributed by atoms with Crippen molar-refractivity contribution < 1.29 is 14.4 Å². The van der Waals surface area contributed by atoms with Gasteiger partial charge in [0.1, 0.15) is 0 Å². The number of aryl methyl sites for hydroxylation is 1. The van der Waals surface area contributed by atoms with Crippen LogP contribution in [0.5, 0.6) is 0 Å². The molecule has 1 aliphatic heterocycles. The van der Waals surface area contributed by atoms with Gasteiger partial charge in [-0.25, -0.2) is 4.90 Å². The predicted octanol–water partition coefficient (Wildman–Crippen LogP) is 4.24. The van der Waals surface area contributed by atoms with E-state index < -0.39 is 0 Å². The van der Waals surface area contributed by atoms with Crippen LogP contribution in [0, 0.1) is 25.7 Å². The van der Waals surface area contributed by atoms with Crippen LogP contribution in [-0.4, -0.2) is 17.7 Å². The number of benzene rings is 2. The molecule has 1 saturated heterocycles.